The van der Waals surface area contributed by atoms with Crippen molar-refractivity contribution >= 4 is 21.8 Å². The van der Waals surface area contributed by atoms with Gasteiger partial charge in [-0.3, -0.25) is 4.79 Å². The van der Waals surface area contributed by atoms with E-state index in [0.717, 1.165) is 31.0 Å². The first-order valence-electron chi connectivity index (χ1n) is 6.04. The van der Waals surface area contributed by atoms with Gasteiger partial charge in [0.25, 0.3) is 5.91 Å². The highest BCUT2D eigenvalue weighted by Gasteiger charge is 2.40. The predicted molar refractivity (Wildman–Crippen MR) is 68.8 cm³/mol. The van der Waals surface area contributed by atoms with E-state index in [-0.39, 0.29) is 11.4 Å². The van der Waals surface area contributed by atoms with Crippen LogP contribution in [0.5, 0.6) is 0 Å². The zero-order valence-corrected chi connectivity index (χ0v) is 12.0. The summed E-state index contributed by atoms with van der Waals surface area (Å²) in [6.07, 6.45) is 3.65. The van der Waals surface area contributed by atoms with Crippen LogP contribution in [0.3, 0.4) is 0 Å². The van der Waals surface area contributed by atoms with Crippen molar-refractivity contribution in [2.24, 2.45) is 0 Å². The second kappa shape index (κ2) is 5.50. The Morgan fingerprint density at radius 2 is 2.12 bits per heavy atom. The van der Waals surface area contributed by atoms with Crippen molar-refractivity contribution in [1.82, 2.24) is 5.32 Å². The smallest absolute Gasteiger partial charge is 0.252 e. The summed E-state index contributed by atoms with van der Waals surface area (Å²) in [4.78, 5) is 12.2. The van der Waals surface area contributed by atoms with E-state index in [9.17, 15) is 4.79 Å². The minimum absolute atomic E-state index is 0.0353. The van der Waals surface area contributed by atoms with Crippen LogP contribution in [-0.2, 0) is 9.53 Å². The largest absolute Gasteiger partial charge is 0.365 e. The summed E-state index contributed by atoms with van der Waals surface area (Å²) in [6, 6.07) is 0. The van der Waals surface area contributed by atoms with Gasteiger partial charge in [0.05, 0.1) is 0 Å². The maximum atomic E-state index is 12.2. The topological polar surface area (TPSA) is 38.3 Å². The summed E-state index contributed by atoms with van der Waals surface area (Å²) in [6.45, 7) is 6.79. The molecule has 0 radical (unpaired) electrons. The van der Waals surface area contributed by atoms with E-state index in [4.69, 9.17) is 4.74 Å². The molecule has 1 unspecified atom stereocenters. The molecule has 0 saturated carbocycles. The summed E-state index contributed by atoms with van der Waals surface area (Å²) in [5.41, 5.74) is -0.746. The molecule has 16 heavy (non-hydrogen) atoms. The molecule has 1 aliphatic heterocycles. The van der Waals surface area contributed by atoms with Crippen molar-refractivity contribution in [3.05, 3.63) is 0 Å². The number of rotatable bonds is 5. The first-order chi connectivity index (χ1) is 7.52. The molecule has 1 aliphatic rings. The molecule has 1 atom stereocenters. The molecule has 0 aliphatic carbocycles. The maximum absolute atomic E-state index is 12.2. The van der Waals surface area contributed by atoms with E-state index in [1.807, 2.05) is 6.92 Å². The lowest BCUT2D eigenvalue weighted by Crippen LogP contribution is -2.56. The van der Waals surface area contributed by atoms with E-state index in [1.165, 1.54) is 0 Å². The predicted octanol–water partition coefficient (Wildman–Crippen LogP) is 2.63. The van der Waals surface area contributed by atoms with E-state index in [0.29, 0.717) is 6.61 Å². The fourth-order valence-corrected chi connectivity index (χ4v) is 2.91. The molecule has 1 N–H and O–H groups in total. The Hall–Kier alpha value is -0.0900. The van der Waals surface area contributed by atoms with Crippen LogP contribution in [0.25, 0.3) is 0 Å². The quantitative estimate of drug-likeness (QED) is 0.791. The third-order valence-electron chi connectivity index (χ3n) is 3.69. The molecular formula is C12H22BrNO2. The molecule has 3 nitrogen and oxygen atoms in total. The third-order valence-corrected chi connectivity index (χ3v) is 4.76. The van der Waals surface area contributed by atoms with Gasteiger partial charge in [-0.05, 0) is 32.6 Å². The average Bonchev–Trinajstić information content (AvgIpc) is 2.74. The lowest BCUT2D eigenvalue weighted by molar-refractivity contribution is -0.141. The van der Waals surface area contributed by atoms with Gasteiger partial charge in [-0.1, -0.05) is 29.8 Å². The highest BCUT2D eigenvalue weighted by atomic mass is 79.9. The van der Waals surface area contributed by atoms with Gasteiger partial charge >= 0.3 is 0 Å². The molecule has 1 rings (SSSR count). The molecule has 0 bridgehead atoms. The van der Waals surface area contributed by atoms with Gasteiger partial charge in [-0.15, -0.1) is 0 Å². The molecule has 0 aromatic heterocycles. The number of halogens is 1. The highest BCUT2D eigenvalue weighted by Crippen LogP contribution is 2.27. The van der Waals surface area contributed by atoms with Crippen LogP contribution in [0.15, 0.2) is 0 Å². The Bertz CT molecular complexity index is 237. The SMILES string of the molecule is CCC(CC)(CBr)NC(=O)C1(C)CCCO1. The van der Waals surface area contributed by atoms with Gasteiger partial charge in [-0.2, -0.15) is 0 Å². The van der Waals surface area contributed by atoms with Crippen LogP contribution < -0.4 is 5.32 Å². The molecule has 0 aromatic carbocycles. The second-order valence-electron chi connectivity index (χ2n) is 4.76. The number of carbonyl (C=O) groups is 1. The summed E-state index contributed by atoms with van der Waals surface area (Å²) in [5, 5.41) is 3.94. The van der Waals surface area contributed by atoms with Crippen molar-refractivity contribution in [2.75, 3.05) is 11.9 Å². The standard InChI is InChI=1S/C12H22BrNO2/c1-4-12(5-2,9-13)14-10(15)11(3)7-6-8-16-11/h4-9H2,1-3H3,(H,14,15). The maximum Gasteiger partial charge on any atom is 0.252 e. The van der Waals surface area contributed by atoms with Crippen molar-refractivity contribution in [1.29, 1.82) is 0 Å². The van der Waals surface area contributed by atoms with Crippen LogP contribution in [0.2, 0.25) is 0 Å². The first kappa shape index (κ1) is 14.0. The van der Waals surface area contributed by atoms with Gasteiger partial charge in [0.2, 0.25) is 0 Å². The zero-order chi connectivity index (χ0) is 12.2. The fraction of sp³-hybridized carbons (Fsp3) is 0.917. The Balaban J connectivity index is 2.68. The minimum atomic E-state index is -0.613. The number of carbonyl (C=O) groups excluding carboxylic acids is 1. The zero-order valence-electron chi connectivity index (χ0n) is 10.4. The van der Waals surface area contributed by atoms with E-state index in [1.54, 1.807) is 0 Å². The van der Waals surface area contributed by atoms with Gasteiger partial charge < -0.3 is 10.1 Å². The number of hydrogen-bond donors (Lipinski definition) is 1. The number of alkyl halides is 1. The summed E-state index contributed by atoms with van der Waals surface area (Å²) in [5.74, 6) is 0.0353. The van der Waals surface area contributed by atoms with Crippen LogP contribution in [0.4, 0.5) is 0 Å². The number of nitrogens with one attached hydrogen (secondary N) is 1. The Labute approximate surface area is 106 Å². The van der Waals surface area contributed by atoms with E-state index in [2.05, 4.69) is 35.1 Å². The van der Waals surface area contributed by atoms with Gasteiger partial charge in [0.1, 0.15) is 5.60 Å². The number of hydrogen-bond acceptors (Lipinski definition) is 2. The normalized spacial score (nSPS) is 25.8. The summed E-state index contributed by atoms with van der Waals surface area (Å²) < 4.78 is 5.55. The number of ether oxygens (including phenoxy) is 1. The van der Waals surface area contributed by atoms with E-state index >= 15 is 0 Å². The van der Waals surface area contributed by atoms with Gasteiger partial charge in [-0.25, -0.2) is 0 Å². The molecular weight excluding hydrogens is 270 g/mol. The van der Waals surface area contributed by atoms with Crippen LogP contribution in [0, 0.1) is 0 Å². The van der Waals surface area contributed by atoms with Crippen LogP contribution in [-0.4, -0.2) is 29.0 Å². The highest BCUT2D eigenvalue weighted by molar-refractivity contribution is 9.09. The van der Waals surface area contributed by atoms with Crippen molar-refractivity contribution < 1.29 is 9.53 Å². The number of amides is 1. The first-order valence-corrected chi connectivity index (χ1v) is 7.16. The third kappa shape index (κ3) is 2.77. The fourth-order valence-electron chi connectivity index (χ4n) is 1.98. The van der Waals surface area contributed by atoms with Crippen LogP contribution >= 0.6 is 15.9 Å². The molecule has 1 fully saturated rings. The molecule has 0 spiro atoms. The lowest BCUT2D eigenvalue weighted by atomic mass is 9.93. The summed E-state index contributed by atoms with van der Waals surface area (Å²) >= 11 is 3.49. The lowest BCUT2D eigenvalue weighted by Gasteiger charge is -2.34. The van der Waals surface area contributed by atoms with Crippen molar-refractivity contribution in [3.63, 3.8) is 0 Å². The molecule has 1 heterocycles. The Kier molecular flexibility index (Phi) is 4.80. The molecule has 4 heteroatoms. The van der Waals surface area contributed by atoms with E-state index < -0.39 is 5.60 Å². The second-order valence-corrected chi connectivity index (χ2v) is 5.32. The monoisotopic (exact) mass is 291 g/mol. The molecule has 0 aromatic rings. The Morgan fingerprint density at radius 3 is 2.50 bits per heavy atom. The van der Waals surface area contributed by atoms with Gasteiger partial charge in [0, 0.05) is 17.5 Å². The minimum Gasteiger partial charge on any atom is -0.365 e. The Morgan fingerprint density at radius 1 is 1.50 bits per heavy atom. The summed E-state index contributed by atoms with van der Waals surface area (Å²) in [7, 11) is 0. The molecule has 1 amide bonds. The molecule has 94 valence electrons. The molecule has 1 saturated heterocycles. The van der Waals surface area contributed by atoms with Gasteiger partial charge in [0.15, 0.2) is 0 Å². The average molecular weight is 292 g/mol. The van der Waals surface area contributed by atoms with Crippen LogP contribution in [0.1, 0.15) is 46.5 Å². The van der Waals surface area contributed by atoms with Crippen molar-refractivity contribution in [3.8, 4) is 0 Å². The van der Waals surface area contributed by atoms with Crippen molar-refractivity contribution in [2.45, 2.75) is 57.6 Å².